The molecule has 0 aliphatic rings. The summed E-state index contributed by atoms with van der Waals surface area (Å²) in [7, 11) is 0. The molecule has 0 N–H and O–H groups in total. The summed E-state index contributed by atoms with van der Waals surface area (Å²) >= 11 is 5.93. The zero-order chi connectivity index (χ0) is 13.1. The molecule has 0 unspecified atom stereocenters. The first-order valence-corrected chi connectivity index (χ1v) is 5.95. The molecule has 0 saturated carbocycles. The Kier molecular flexibility index (Phi) is 4.71. The zero-order valence-corrected chi connectivity index (χ0v) is 11.8. The van der Waals surface area contributed by atoms with E-state index in [2.05, 4.69) is 9.97 Å². The molecule has 1 aromatic heterocycles. The molecule has 1 aromatic rings. The molecule has 0 amide bonds. The Morgan fingerprint density at radius 2 is 1.65 bits per heavy atom. The van der Waals surface area contributed by atoms with Gasteiger partial charge < -0.3 is 9.47 Å². The van der Waals surface area contributed by atoms with E-state index in [1.807, 2.05) is 34.6 Å². The molecule has 96 valence electrons. The SMILES string of the molecule is Cc1nc(Cl)c(OCCOC(C)(C)C)nc1C. The fraction of sp³-hybridized carbons (Fsp3) is 0.667. The summed E-state index contributed by atoms with van der Waals surface area (Å²) in [5.41, 5.74) is 1.47. The maximum absolute atomic E-state index is 5.93. The lowest BCUT2D eigenvalue weighted by Gasteiger charge is -2.19. The normalized spacial score (nSPS) is 11.6. The molecule has 17 heavy (non-hydrogen) atoms. The third-order valence-electron chi connectivity index (χ3n) is 2.09. The Labute approximate surface area is 107 Å². The van der Waals surface area contributed by atoms with Gasteiger partial charge in [-0.1, -0.05) is 11.6 Å². The first-order valence-electron chi connectivity index (χ1n) is 5.57. The highest BCUT2D eigenvalue weighted by molar-refractivity contribution is 6.30. The molecule has 0 aromatic carbocycles. The second kappa shape index (κ2) is 5.65. The molecule has 0 aliphatic carbocycles. The van der Waals surface area contributed by atoms with Crippen molar-refractivity contribution in [2.75, 3.05) is 13.2 Å². The van der Waals surface area contributed by atoms with Crippen LogP contribution in [0.15, 0.2) is 0 Å². The van der Waals surface area contributed by atoms with Gasteiger partial charge in [0, 0.05) is 0 Å². The van der Waals surface area contributed by atoms with E-state index in [9.17, 15) is 0 Å². The first-order chi connectivity index (χ1) is 7.79. The summed E-state index contributed by atoms with van der Waals surface area (Å²) in [5, 5.41) is 0.295. The van der Waals surface area contributed by atoms with Crippen LogP contribution in [0.3, 0.4) is 0 Å². The van der Waals surface area contributed by atoms with Gasteiger partial charge in [0.05, 0.1) is 23.6 Å². The Bertz CT molecular complexity index is 389. The fourth-order valence-electron chi connectivity index (χ4n) is 1.13. The number of aromatic nitrogens is 2. The van der Waals surface area contributed by atoms with Crippen LogP contribution in [0.5, 0.6) is 5.88 Å². The quantitative estimate of drug-likeness (QED) is 0.779. The van der Waals surface area contributed by atoms with Crippen LogP contribution in [0.4, 0.5) is 0 Å². The number of aryl methyl sites for hydroxylation is 2. The molecule has 0 aliphatic heterocycles. The van der Waals surface area contributed by atoms with E-state index in [1.165, 1.54) is 0 Å². The van der Waals surface area contributed by atoms with Crippen LogP contribution in [-0.2, 0) is 4.74 Å². The van der Waals surface area contributed by atoms with Crippen molar-refractivity contribution >= 4 is 11.6 Å². The minimum Gasteiger partial charge on any atom is -0.473 e. The molecule has 0 atom stereocenters. The highest BCUT2D eigenvalue weighted by Crippen LogP contribution is 2.20. The van der Waals surface area contributed by atoms with Crippen molar-refractivity contribution in [2.24, 2.45) is 0 Å². The zero-order valence-electron chi connectivity index (χ0n) is 11.0. The van der Waals surface area contributed by atoms with Crippen molar-refractivity contribution in [1.29, 1.82) is 0 Å². The summed E-state index contributed by atoms with van der Waals surface area (Å²) in [5.74, 6) is 0.368. The van der Waals surface area contributed by atoms with Crippen molar-refractivity contribution in [2.45, 2.75) is 40.2 Å². The largest absolute Gasteiger partial charge is 0.473 e. The molecule has 1 heterocycles. The number of nitrogens with zero attached hydrogens (tertiary/aromatic N) is 2. The number of ether oxygens (including phenoxy) is 2. The van der Waals surface area contributed by atoms with E-state index in [4.69, 9.17) is 21.1 Å². The molecule has 0 radical (unpaired) electrons. The molecule has 1 rings (SSSR count). The standard InChI is InChI=1S/C12H19ClN2O2/c1-8-9(2)15-11(10(13)14-8)16-6-7-17-12(3,4)5/h6-7H2,1-5H3. The van der Waals surface area contributed by atoms with E-state index in [0.717, 1.165) is 11.4 Å². The van der Waals surface area contributed by atoms with Crippen LogP contribution in [-0.4, -0.2) is 28.8 Å². The van der Waals surface area contributed by atoms with Gasteiger partial charge in [0.15, 0.2) is 5.15 Å². The number of hydrogen-bond donors (Lipinski definition) is 0. The average Bonchev–Trinajstić information content (AvgIpc) is 2.18. The topological polar surface area (TPSA) is 44.2 Å². The second-order valence-electron chi connectivity index (χ2n) is 4.80. The monoisotopic (exact) mass is 258 g/mol. The van der Waals surface area contributed by atoms with Crippen LogP contribution in [0.25, 0.3) is 0 Å². The smallest absolute Gasteiger partial charge is 0.252 e. The third kappa shape index (κ3) is 4.88. The lowest BCUT2D eigenvalue weighted by molar-refractivity contribution is -0.0168. The molecule has 0 fully saturated rings. The average molecular weight is 259 g/mol. The van der Waals surface area contributed by atoms with Crippen molar-refractivity contribution in [3.05, 3.63) is 16.5 Å². The van der Waals surface area contributed by atoms with Gasteiger partial charge in [0.1, 0.15) is 6.61 Å². The Morgan fingerprint density at radius 3 is 2.24 bits per heavy atom. The Hall–Kier alpha value is -0.870. The summed E-state index contributed by atoms with van der Waals surface area (Å²) in [4.78, 5) is 8.37. The molecular formula is C12H19ClN2O2. The van der Waals surface area contributed by atoms with Crippen LogP contribution in [0.2, 0.25) is 5.15 Å². The molecular weight excluding hydrogens is 240 g/mol. The van der Waals surface area contributed by atoms with Crippen LogP contribution in [0.1, 0.15) is 32.2 Å². The summed E-state index contributed by atoms with van der Waals surface area (Å²) < 4.78 is 11.0. The van der Waals surface area contributed by atoms with Crippen LogP contribution < -0.4 is 4.74 Å². The van der Waals surface area contributed by atoms with Crippen LogP contribution >= 0.6 is 11.6 Å². The maximum Gasteiger partial charge on any atom is 0.252 e. The Balaban J connectivity index is 2.50. The van der Waals surface area contributed by atoms with E-state index in [1.54, 1.807) is 0 Å². The maximum atomic E-state index is 5.93. The van der Waals surface area contributed by atoms with Crippen LogP contribution in [0, 0.1) is 13.8 Å². The van der Waals surface area contributed by atoms with E-state index in [-0.39, 0.29) is 5.60 Å². The van der Waals surface area contributed by atoms with Gasteiger partial charge in [-0.2, -0.15) is 0 Å². The van der Waals surface area contributed by atoms with Gasteiger partial charge in [-0.15, -0.1) is 0 Å². The van der Waals surface area contributed by atoms with Gasteiger partial charge >= 0.3 is 0 Å². The predicted octanol–water partition coefficient (Wildman–Crippen LogP) is 2.94. The highest BCUT2D eigenvalue weighted by atomic mass is 35.5. The van der Waals surface area contributed by atoms with Gasteiger partial charge in [0.25, 0.3) is 5.88 Å². The van der Waals surface area contributed by atoms with Crippen molar-refractivity contribution in [1.82, 2.24) is 9.97 Å². The minimum absolute atomic E-state index is 0.165. The fourth-order valence-corrected chi connectivity index (χ4v) is 1.36. The van der Waals surface area contributed by atoms with Gasteiger partial charge in [-0.25, -0.2) is 9.97 Å². The second-order valence-corrected chi connectivity index (χ2v) is 5.16. The minimum atomic E-state index is -0.165. The van der Waals surface area contributed by atoms with Crippen molar-refractivity contribution < 1.29 is 9.47 Å². The van der Waals surface area contributed by atoms with Gasteiger partial charge in [-0.05, 0) is 34.6 Å². The van der Waals surface area contributed by atoms with Gasteiger partial charge in [0.2, 0.25) is 0 Å². The number of halogens is 1. The van der Waals surface area contributed by atoms with Crippen molar-refractivity contribution in [3.8, 4) is 5.88 Å². The summed E-state index contributed by atoms with van der Waals surface area (Å²) in [6.45, 7) is 10.6. The predicted molar refractivity (Wildman–Crippen MR) is 67.7 cm³/mol. The lowest BCUT2D eigenvalue weighted by Crippen LogP contribution is -2.22. The van der Waals surface area contributed by atoms with Crippen molar-refractivity contribution in [3.63, 3.8) is 0 Å². The number of rotatable bonds is 4. The summed E-state index contributed by atoms with van der Waals surface area (Å²) in [6, 6.07) is 0. The third-order valence-corrected chi connectivity index (χ3v) is 2.34. The van der Waals surface area contributed by atoms with E-state index in [0.29, 0.717) is 24.2 Å². The van der Waals surface area contributed by atoms with E-state index < -0.39 is 0 Å². The first kappa shape index (κ1) is 14.2. The lowest BCUT2D eigenvalue weighted by atomic mass is 10.2. The molecule has 5 heteroatoms. The number of hydrogen-bond acceptors (Lipinski definition) is 4. The Morgan fingerprint density at radius 1 is 1.06 bits per heavy atom. The van der Waals surface area contributed by atoms with E-state index >= 15 is 0 Å². The van der Waals surface area contributed by atoms with Gasteiger partial charge in [-0.3, -0.25) is 0 Å². The molecule has 0 bridgehead atoms. The highest BCUT2D eigenvalue weighted by Gasteiger charge is 2.11. The molecule has 4 nitrogen and oxygen atoms in total. The summed E-state index contributed by atoms with van der Waals surface area (Å²) in [6.07, 6.45) is 0. The molecule has 0 saturated heterocycles. The molecule has 0 spiro atoms.